The molecule has 0 fully saturated rings. The highest BCUT2D eigenvalue weighted by molar-refractivity contribution is 9.10. The smallest absolute Gasteiger partial charge is 0.270 e. The fraction of sp³-hybridized carbons (Fsp3) is 0.333. The molecule has 0 saturated heterocycles. The maximum atomic E-state index is 11.2. The van der Waals surface area contributed by atoms with Gasteiger partial charge in [0, 0.05) is 35.8 Å². The zero-order chi connectivity index (χ0) is 18.7. The summed E-state index contributed by atoms with van der Waals surface area (Å²) in [4.78, 5) is 10.8. The summed E-state index contributed by atoms with van der Waals surface area (Å²) < 4.78 is 16.9. The molecule has 7 nitrogen and oxygen atoms in total. The molecule has 0 amide bonds. The fourth-order valence-corrected chi connectivity index (χ4v) is 3.41. The van der Waals surface area contributed by atoms with E-state index in [0.717, 1.165) is 21.3 Å². The number of fused-ring (bicyclic) bond motifs is 1. The van der Waals surface area contributed by atoms with Crippen LogP contribution >= 0.6 is 15.9 Å². The van der Waals surface area contributed by atoms with Crippen LogP contribution in [0.2, 0.25) is 0 Å². The van der Waals surface area contributed by atoms with Crippen molar-refractivity contribution in [1.29, 1.82) is 0 Å². The highest BCUT2D eigenvalue weighted by Crippen LogP contribution is 2.33. The first-order valence-corrected chi connectivity index (χ1v) is 8.86. The summed E-state index contributed by atoms with van der Waals surface area (Å²) >= 11 is 3.48. The number of hydrogen-bond acceptors (Lipinski definition) is 6. The lowest BCUT2D eigenvalue weighted by Gasteiger charge is -2.22. The van der Waals surface area contributed by atoms with Gasteiger partial charge in [0.1, 0.15) is 11.5 Å². The standard InChI is InChI=1S/C18H19BrN2O5/c1-11(12-3-4-17(24-2)16(19)7-12)20-8-13-5-15(21(22)23)6-14-9-25-10-26-18(13)14/h3-7,11,20H,8-10H2,1-2H3. The van der Waals surface area contributed by atoms with E-state index >= 15 is 0 Å². The number of nitro groups is 1. The van der Waals surface area contributed by atoms with Crippen LogP contribution in [0, 0.1) is 10.1 Å². The van der Waals surface area contributed by atoms with Crippen molar-refractivity contribution in [3.05, 3.63) is 61.6 Å². The molecule has 1 atom stereocenters. The molecular formula is C18H19BrN2O5. The summed E-state index contributed by atoms with van der Waals surface area (Å²) in [6, 6.07) is 8.95. The molecule has 1 unspecified atom stereocenters. The van der Waals surface area contributed by atoms with Crippen molar-refractivity contribution in [3.63, 3.8) is 0 Å². The summed E-state index contributed by atoms with van der Waals surface area (Å²) in [7, 11) is 1.62. The Morgan fingerprint density at radius 2 is 2.19 bits per heavy atom. The predicted octanol–water partition coefficient (Wildman–Crippen LogP) is 4.08. The number of halogens is 1. The van der Waals surface area contributed by atoms with Crippen LogP contribution < -0.4 is 14.8 Å². The van der Waals surface area contributed by atoms with Crippen molar-refractivity contribution in [1.82, 2.24) is 5.32 Å². The third-order valence-electron chi connectivity index (χ3n) is 4.26. The Hall–Kier alpha value is -2.16. The highest BCUT2D eigenvalue weighted by Gasteiger charge is 2.21. The second-order valence-electron chi connectivity index (χ2n) is 5.96. The summed E-state index contributed by atoms with van der Waals surface area (Å²) in [5.74, 6) is 1.43. The van der Waals surface area contributed by atoms with E-state index in [0.29, 0.717) is 24.5 Å². The minimum atomic E-state index is -0.400. The topological polar surface area (TPSA) is 82.9 Å². The van der Waals surface area contributed by atoms with Gasteiger partial charge in [0.2, 0.25) is 0 Å². The van der Waals surface area contributed by atoms with Crippen LogP contribution in [0.15, 0.2) is 34.8 Å². The van der Waals surface area contributed by atoms with Gasteiger partial charge in [0.25, 0.3) is 5.69 Å². The second kappa shape index (κ2) is 8.03. The van der Waals surface area contributed by atoms with Crippen molar-refractivity contribution in [3.8, 4) is 11.5 Å². The minimum Gasteiger partial charge on any atom is -0.496 e. The molecule has 26 heavy (non-hydrogen) atoms. The molecule has 1 aliphatic heterocycles. The fourth-order valence-electron chi connectivity index (χ4n) is 2.85. The van der Waals surface area contributed by atoms with Gasteiger partial charge in [-0.05, 0) is 40.5 Å². The number of non-ortho nitro benzene ring substituents is 1. The molecule has 0 aromatic heterocycles. The highest BCUT2D eigenvalue weighted by atomic mass is 79.9. The Bertz CT molecular complexity index is 827. The number of nitrogens with zero attached hydrogens (tertiary/aromatic N) is 1. The number of nitrogens with one attached hydrogen (secondary N) is 1. The van der Waals surface area contributed by atoms with Crippen molar-refractivity contribution in [2.24, 2.45) is 0 Å². The maximum Gasteiger partial charge on any atom is 0.270 e. The van der Waals surface area contributed by atoms with Gasteiger partial charge in [-0.3, -0.25) is 10.1 Å². The summed E-state index contributed by atoms with van der Waals surface area (Å²) in [6.07, 6.45) is 0. The lowest BCUT2D eigenvalue weighted by molar-refractivity contribution is -0.385. The molecule has 0 saturated carbocycles. The summed E-state index contributed by atoms with van der Waals surface area (Å²) in [5, 5.41) is 14.6. The SMILES string of the molecule is COc1ccc(C(C)NCc2cc([N+](=O)[O-])cc3c2OCOC3)cc1Br. The molecule has 1 N–H and O–H groups in total. The van der Waals surface area contributed by atoms with Gasteiger partial charge in [-0.15, -0.1) is 0 Å². The van der Waals surface area contributed by atoms with E-state index in [9.17, 15) is 10.1 Å². The van der Waals surface area contributed by atoms with Crippen LogP contribution in [-0.2, 0) is 17.9 Å². The first kappa shape index (κ1) is 18.6. The van der Waals surface area contributed by atoms with Crippen LogP contribution in [-0.4, -0.2) is 18.8 Å². The number of rotatable bonds is 6. The van der Waals surface area contributed by atoms with E-state index in [2.05, 4.69) is 21.2 Å². The van der Waals surface area contributed by atoms with E-state index < -0.39 is 4.92 Å². The number of hydrogen-bond donors (Lipinski definition) is 1. The van der Waals surface area contributed by atoms with E-state index in [1.54, 1.807) is 13.2 Å². The first-order chi connectivity index (χ1) is 12.5. The molecule has 2 aromatic carbocycles. The predicted molar refractivity (Wildman–Crippen MR) is 99.3 cm³/mol. The van der Waals surface area contributed by atoms with Gasteiger partial charge in [-0.1, -0.05) is 6.07 Å². The Balaban J connectivity index is 1.79. The van der Waals surface area contributed by atoms with Crippen LogP contribution in [0.4, 0.5) is 5.69 Å². The normalized spacial score (nSPS) is 14.3. The largest absolute Gasteiger partial charge is 0.496 e. The third kappa shape index (κ3) is 3.98. The van der Waals surface area contributed by atoms with Crippen molar-refractivity contribution in [2.75, 3.05) is 13.9 Å². The Morgan fingerprint density at radius 1 is 1.38 bits per heavy atom. The van der Waals surface area contributed by atoms with Crippen LogP contribution in [0.1, 0.15) is 29.7 Å². The lowest BCUT2D eigenvalue weighted by Crippen LogP contribution is -2.21. The van der Waals surface area contributed by atoms with Gasteiger partial charge in [0.05, 0.1) is 23.1 Å². The Morgan fingerprint density at radius 3 is 2.88 bits per heavy atom. The van der Waals surface area contributed by atoms with E-state index in [4.69, 9.17) is 14.2 Å². The van der Waals surface area contributed by atoms with Gasteiger partial charge in [-0.25, -0.2) is 0 Å². The molecule has 2 aromatic rings. The molecule has 0 bridgehead atoms. The maximum absolute atomic E-state index is 11.2. The lowest BCUT2D eigenvalue weighted by atomic mass is 10.0. The molecule has 8 heteroatoms. The van der Waals surface area contributed by atoms with Crippen LogP contribution in [0.3, 0.4) is 0 Å². The summed E-state index contributed by atoms with van der Waals surface area (Å²) in [5.41, 5.74) is 2.55. The van der Waals surface area contributed by atoms with Gasteiger partial charge >= 0.3 is 0 Å². The zero-order valence-corrected chi connectivity index (χ0v) is 16.0. The zero-order valence-electron chi connectivity index (χ0n) is 14.5. The van der Waals surface area contributed by atoms with Gasteiger partial charge < -0.3 is 19.5 Å². The van der Waals surface area contributed by atoms with E-state index in [1.807, 2.05) is 25.1 Å². The van der Waals surface area contributed by atoms with Gasteiger partial charge in [-0.2, -0.15) is 0 Å². The van der Waals surface area contributed by atoms with E-state index in [1.165, 1.54) is 6.07 Å². The molecule has 1 heterocycles. The molecular weight excluding hydrogens is 404 g/mol. The molecule has 138 valence electrons. The number of methoxy groups -OCH3 is 1. The van der Waals surface area contributed by atoms with Crippen LogP contribution in [0.5, 0.6) is 11.5 Å². The molecule has 0 radical (unpaired) electrons. The second-order valence-corrected chi connectivity index (χ2v) is 6.81. The molecule has 1 aliphatic rings. The van der Waals surface area contributed by atoms with Crippen molar-refractivity contribution >= 4 is 21.6 Å². The summed E-state index contributed by atoms with van der Waals surface area (Å²) in [6.45, 7) is 2.93. The molecule has 3 rings (SSSR count). The number of benzene rings is 2. The Labute approximate surface area is 159 Å². The molecule has 0 aliphatic carbocycles. The van der Waals surface area contributed by atoms with Crippen molar-refractivity contribution < 1.29 is 19.1 Å². The van der Waals surface area contributed by atoms with Gasteiger partial charge in [0.15, 0.2) is 6.79 Å². The first-order valence-electron chi connectivity index (χ1n) is 8.07. The number of ether oxygens (including phenoxy) is 3. The van der Waals surface area contributed by atoms with E-state index in [-0.39, 0.29) is 18.5 Å². The Kier molecular flexibility index (Phi) is 5.75. The number of nitro benzene ring substituents is 1. The van der Waals surface area contributed by atoms with Crippen molar-refractivity contribution in [2.45, 2.75) is 26.1 Å². The average Bonchev–Trinajstić information content (AvgIpc) is 2.65. The quantitative estimate of drug-likeness (QED) is 0.557. The minimum absolute atomic E-state index is 0.0342. The monoisotopic (exact) mass is 422 g/mol. The average molecular weight is 423 g/mol. The third-order valence-corrected chi connectivity index (χ3v) is 4.88. The molecule has 0 spiro atoms. The van der Waals surface area contributed by atoms with Crippen LogP contribution in [0.25, 0.3) is 0 Å².